The SMILES string of the molecule is CNCc1cc(Oc2ccc3c(ccn3C(=O)Nc3cc(C(F)(F)F)n(C)n3)c2C)ncn1. The number of nitrogens with zero attached hydrogens (tertiary/aromatic N) is 5. The number of anilines is 1. The lowest BCUT2D eigenvalue weighted by Gasteiger charge is -2.11. The van der Waals surface area contributed by atoms with E-state index in [1.165, 1.54) is 17.1 Å². The summed E-state index contributed by atoms with van der Waals surface area (Å²) in [6.45, 7) is 2.40. The summed E-state index contributed by atoms with van der Waals surface area (Å²) in [6.07, 6.45) is -1.63. The van der Waals surface area contributed by atoms with Crippen molar-refractivity contribution in [2.24, 2.45) is 7.05 Å². The first kappa shape index (κ1) is 22.3. The van der Waals surface area contributed by atoms with Crippen LogP contribution in [-0.4, -0.2) is 37.4 Å². The number of hydrogen-bond acceptors (Lipinski definition) is 6. The minimum absolute atomic E-state index is 0.200. The second-order valence-electron chi connectivity index (χ2n) is 7.25. The summed E-state index contributed by atoms with van der Waals surface area (Å²) in [7, 11) is 2.97. The van der Waals surface area contributed by atoms with Gasteiger partial charge in [0.25, 0.3) is 0 Å². The fraction of sp³-hybridized carbons (Fsp3) is 0.238. The number of carbonyl (C=O) groups excluding carboxylic acids is 1. The fourth-order valence-corrected chi connectivity index (χ4v) is 3.42. The van der Waals surface area contributed by atoms with E-state index in [9.17, 15) is 18.0 Å². The van der Waals surface area contributed by atoms with Crippen LogP contribution in [0.2, 0.25) is 0 Å². The Bertz CT molecular complexity index is 1330. The van der Waals surface area contributed by atoms with Crippen molar-refractivity contribution >= 4 is 22.8 Å². The largest absolute Gasteiger partial charge is 0.439 e. The Morgan fingerprint density at radius 2 is 1.97 bits per heavy atom. The molecule has 0 spiro atoms. The molecule has 0 atom stereocenters. The van der Waals surface area contributed by atoms with Gasteiger partial charge in [0.05, 0.1) is 11.2 Å². The molecule has 12 heteroatoms. The highest BCUT2D eigenvalue weighted by atomic mass is 19.4. The summed E-state index contributed by atoms with van der Waals surface area (Å²) in [5.41, 5.74) is 1.13. The van der Waals surface area contributed by atoms with Crippen LogP contribution in [0.1, 0.15) is 17.0 Å². The first-order valence-electron chi connectivity index (χ1n) is 9.84. The Morgan fingerprint density at radius 1 is 1.18 bits per heavy atom. The van der Waals surface area contributed by atoms with Crippen molar-refractivity contribution in [3.63, 3.8) is 0 Å². The van der Waals surface area contributed by atoms with Crippen LogP contribution >= 0.6 is 0 Å². The molecule has 9 nitrogen and oxygen atoms in total. The van der Waals surface area contributed by atoms with Crippen LogP contribution in [-0.2, 0) is 19.8 Å². The molecular weight excluding hydrogens is 439 g/mol. The van der Waals surface area contributed by atoms with Crippen molar-refractivity contribution in [2.45, 2.75) is 19.6 Å². The predicted octanol–water partition coefficient (Wildman–Crippen LogP) is 4.08. The van der Waals surface area contributed by atoms with Crippen LogP contribution in [0.15, 0.2) is 42.9 Å². The topological polar surface area (TPSA) is 98.9 Å². The number of carbonyl (C=O) groups is 1. The van der Waals surface area contributed by atoms with Gasteiger partial charge in [0.2, 0.25) is 5.88 Å². The molecular formula is C21H20F3N7O2. The van der Waals surface area contributed by atoms with Gasteiger partial charge in [-0.2, -0.15) is 18.3 Å². The Morgan fingerprint density at radius 3 is 2.67 bits per heavy atom. The predicted molar refractivity (Wildman–Crippen MR) is 114 cm³/mol. The molecule has 0 fully saturated rings. The van der Waals surface area contributed by atoms with Gasteiger partial charge in [-0.3, -0.25) is 14.6 Å². The molecule has 1 aromatic carbocycles. The lowest BCUT2D eigenvalue weighted by atomic mass is 10.1. The van der Waals surface area contributed by atoms with Crippen molar-refractivity contribution in [1.82, 2.24) is 29.6 Å². The smallest absolute Gasteiger partial charge is 0.433 e. The minimum atomic E-state index is -4.57. The molecule has 0 aliphatic carbocycles. The molecule has 1 amide bonds. The molecule has 0 aliphatic rings. The fourth-order valence-electron chi connectivity index (χ4n) is 3.42. The Labute approximate surface area is 186 Å². The summed E-state index contributed by atoms with van der Waals surface area (Å²) >= 11 is 0. The van der Waals surface area contributed by atoms with Gasteiger partial charge < -0.3 is 10.1 Å². The number of fused-ring (bicyclic) bond motifs is 1. The number of amides is 1. The van der Waals surface area contributed by atoms with Crippen molar-refractivity contribution in [3.05, 3.63) is 59.8 Å². The zero-order chi connectivity index (χ0) is 23.8. The number of rotatable bonds is 5. The lowest BCUT2D eigenvalue weighted by molar-refractivity contribution is -0.143. The summed E-state index contributed by atoms with van der Waals surface area (Å²) in [6, 6.07) is 6.97. The van der Waals surface area contributed by atoms with E-state index in [1.807, 2.05) is 14.0 Å². The highest BCUT2D eigenvalue weighted by Crippen LogP contribution is 2.32. The zero-order valence-electron chi connectivity index (χ0n) is 17.9. The first-order chi connectivity index (χ1) is 15.7. The van der Waals surface area contributed by atoms with Gasteiger partial charge in [0.15, 0.2) is 5.82 Å². The number of aryl methyl sites for hydroxylation is 2. The molecule has 4 aromatic rings. The van der Waals surface area contributed by atoms with Crippen LogP contribution in [0.4, 0.5) is 23.8 Å². The summed E-state index contributed by atoms with van der Waals surface area (Å²) in [4.78, 5) is 21.0. The second-order valence-corrected chi connectivity index (χ2v) is 7.25. The maximum Gasteiger partial charge on any atom is 0.433 e. The van der Waals surface area contributed by atoms with Gasteiger partial charge in [-0.25, -0.2) is 14.8 Å². The van der Waals surface area contributed by atoms with E-state index in [0.29, 0.717) is 28.4 Å². The third kappa shape index (κ3) is 4.51. The Balaban J connectivity index is 1.58. The number of alkyl halides is 3. The molecule has 3 heterocycles. The maximum atomic E-state index is 13.0. The number of halogens is 3. The number of ether oxygens (including phenoxy) is 1. The Kier molecular flexibility index (Phi) is 5.77. The van der Waals surface area contributed by atoms with Gasteiger partial charge >= 0.3 is 12.2 Å². The van der Waals surface area contributed by atoms with Gasteiger partial charge in [0, 0.05) is 42.9 Å². The molecule has 0 radical (unpaired) electrons. The third-order valence-corrected chi connectivity index (χ3v) is 4.99. The summed E-state index contributed by atoms with van der Waals surface area (Å²) < 4.78 is 46.8. The Hall–Kier alpha value is -3.93. The molecule has 0 unspecified atom stereocenters. The molecule has 0 aliphatic heterocycles. The molecule has 4 rings (SSSR count). The van der Waals surface area contributed by atoms with E-state index >= 15 is 0 Å². The molecule has 0 saturated heterocycles. The molecule has 2 N–H and O–H groups in total. The molecule has 0 saturated carbocycles. The highest BCUT2D eigenvalue weighted by Gasteiger charge is 2.35. The molecule has 3 aromatic heterocycles. The number of nitrogens with one attached hydrogen (secondary N) is 2. The van der Waals surface area contributed by atoms with Crippen LogP contribution in [0.5, 0.6) is 11.6 Å². The zero-order valence-corrected chi connectivity index (χ0v) is 17.9. The van der Waals surface area contributed by atoms with Crippen LogP contribution in [0.25, 0.3) is 10.9 Å². The van der Waals surface area contributed by atoms with E-state index in [2.05, 4.69) is 25.7 Å². The summed E-state index contributed by atoms with van der Waals surface area (Å²) in [5.74, 6) is 0.731. The van der Waals surface area contributed by atoms with Gasteiger partial charge in [-0.05, 0) is 32.2 Å². The second kappa shape index (κ2) is 8.54. The van der Waals surface area contributed by atoms with E-state index in [1.54, 1.807) is 24.3 Å². The first-order valence-corrected chi connectivity index (χ1v) is 9.84. The van der Waals surface area contributed by atoms with Crippen LogP contribution in [0, 0.1) is 6.92 Å². The quantitative estimate of drug-likeness (QED) is 0.467. The van der Waals surface area contributed by atoms with Gasteiger partial charge in [0.1, 0.15) is 17.8 Å². The number of aromatic nitrogens is 5. The monoisotopic (exact) mass is 459 g/mol. The van der Waals surface area contributed by atoms with Crippen LogP contribution < -0.4 is 15.4 Å². The molecule has 172 valence electrons. The lowest BCUT2D eigenvalue weighted by Crippen LogP contribution is -2.18. The van der Waals surface area contributed by atoms with Crippen molar-refractivity contribution in [2.75, 3.05) is 12.4 Å². The standard InChI is InChI=1S/C21H20F3N7O2/c1-12-14-6-7-31(20(32)28-18-9-17(21(22,23)24)30(3)29-18)15(14)4-5-16(12)33-19-8-13(10-25-2)26-11-27-19/h4-9,11,25H,10H2,1-3H3,(H,28,29,32). The van der Waals surface area contributed by atoms with E-state index in [0.717, 1.165) is 29.8 Å². The molecule has 33 heavy (non-hydrogen) atoms. The third-order valence-electron chi connectivity index (χ3n) is 4.99. The van der Waals surface area contributed by atoms with Crippen molar-refractivity contribution < 1.29 is 22.7 Å². The van der Waals surface area contributed by atoms with Crippen LogP contribution in [0.3, 0.4) is 0 Å². The van der Waals surface area contributed by atoms with Crippen molar-refractivity contribution in [1.29, 1.82) is 0 Å². The average molecular weight is 459 g/mol. The van der Waals surface area contributed by atoms with Crippen molar-refractivity contribution in [3.8, 4) is 11.6 Å². The van der Waals surface area contributed by atoms with Gasteiger partial charge in [-0.1, -0.05) is 0 Å². The van der Waals surface area contributed by atoms with E-state index in [4.69, 9.17) is 4.74 Å². The normalized spacial score (nSPS) is 11.7. The van der Waals surface area contributed by atoms with E-state index < -0.39 is 17.9 Å². The summed E-state index contributed by atoms with van der Waals surface area (Å²) in [5, 5.41) is 9.87. The minimum Gasteiger partial charge on any atom is -0.439 e. The average Bonchev–Trinajstić information content (AvgIpc) is 3.34. The maximum absolute atomic E-state index is 13.0. The van der Waals surface area contributed by atoms with Gasteiger partial charge in [-0.15, -0.1) is 0 Å². The number of benzene rings is 1. The highest BCUT2D eigenvalue weighted by molar-refractivity contribution is 5.99. The van der Waals surface area contributed by atoms with E-state index in [-0.39, 0.29) is 5.82 Å². The molecule has 0 bridgehead atoms. The number of hydrogen-bond donors (Lipinski definition) is 2.